The van der Waals surface area contributed by atoms with Crippen LogP contribution >= 0.6 is 0 Å². The van der Waals surface area contributed by atoms with Gasteiger partial charge in [0.05, 0.1) is 18.5 Å². The topological polar surface area (TPSA) is 64.3 Å². The Morgan fingerprint density at radius 3 is 2.90 bits per heavy atom. The van der Waals surface area contributed by atoms with Crippen LogP contribution in [-0.2, 0) is 0 Å². The van der Waals surface area contributed by atoms with Crippen LogP contribution in [0.2, 0.25) is 0 Å². The van der Waals surface area contributed by atoms with Crippen LogP contribution in [-0.4, -0.2) is 35.2 Å². The number of piperidine rings is 1. The van der Waals surface area contributed by atoms with Crippen LogP contribution in [0.1, 0.15) is 40.0 Å². The molecule has 2 rings (SSSR count). The van der Waals surface area contributed by atoms with Gasteiger partial charge >= 0.3 is 0 Å². The van der Waals surface area contributed by atoms with Gasteiger partial charge in [-0.15, -0.1) is 0 Å². The molecule has 0 spiro atoms. The Bertz CT molecular complexity index is 424. The minimum atomic E-state index is 0.107. The zero-order valence-corrected chi connectivity index (χ0v) is 12.7. The summed E-state index contributed by atoms with van der Waals surface area (Å²) in [6.45, 7) is 7.89. The maximum Gasteiger partial charge on any atom is 0.234 e. The molecule has 20 heavy (non-hydrogen) atoms. The van der Waals surface area contributed by atoms with Crippen molar-refractivity contribution in [3.63, 3.8) is 0 Å². The fraction of sp³-hybridized carbons (Fsp3) is 0.733. The highest BCUT2D eigenvalue weighted by Crippen LogP contribution is 2.28. The third-order valence-electron chi connectivity index (χ3n) is 3.92. The molecule has 0 aliphatic carbocycles. The Morgan fingerprint density at radius 1 is 1.45 bits per heavy atom. The first-order valence-corrected chi connectivity index (χ1v) is 7.59. The Kier molecular flexibility index (Phi) is 5.17. The lowest BCUT2D eigenvalue weighted by atomic mass is 9.89. The van der Waals surface area contributed by atoms with Crippen molar-refractivity contribution in [3.05, 3.63) is 12.4 Å². The Morgan fingerprint density at radius 2 is 2.25 bits per heavy atom. The highest BCUT2D eigenvalue weighted by molar-refractivity contribution is 5.40. The second-order valence-corrected chi connectivity index (χ2v) is 5.76. The predicted molar refractivity (Wildman–Crippen MR) is 81.0 cm³/mol. The number of hydrogen-bond acceptors (Lipinski definition) is 5. The molecule has 0 aromatic carbocycles. The first-order valence-electron chi connectivity index (χ1n) is 7.59. The van der Waals surface area contributed by atoms with Crippen molar-refractivity contribution in [2.75, 3.05) is 18.0 Å². The quantitative estimate of drug-likeness (QED) is 0.894. The van der Waals surface area contributed by atoms with E-state index < -0.39 is 0 Å². The Labute approximate surface area is 121 Å². The van der Waals surface area contributed by atoms with Gasteiger partial charge in [0, 0.05) is 19.1 Å². The standard InChI is InChI=1S/C15H26N4O/c1-4-12-5-6-19(13(7-12)8-16)14-9-17-10-15(18-14)20-11(2)3/h9-13H,4-8,16H2,1-3H3. The molecule has 1 aromatic heterocycles. The number of anilines is 1. The van der Waals surface area contributed by atoms with E-state index in [1.165, 1.54) is 12.8 Å². The molecule has 2 atom stereocenters. The van der Waals surface area contributed by atoms with Crippen LogP contribution in [0, 0.1) is 5.92 Å². The van der Waals surface area contributed by atoms with Crippen LogP contribution in [0.3, 0.4) is 0 Å². The van der Waals surface area contributed by atoms with E-state index in [1.807, 2.05) is 20.0 Å². The molecule has 2 heterocycles. The van der Waals surface area contributed by atoms with Gasteiger partial charge in [0.15, 0.2) is 5.82 Å². The van der Waals surface area contributed by atoms with Gasteiger partial charge in [-0.2, -0.15) is 4.98 Å². The summed E-state index contributed by atoms with van der Waals surface area (Å²) in [4.78, 5) is 11.1. The molecular formula is C15H26N4O. The van der Waals surface area contributed by atoms with Gasteiger partial charge in [-0.25, -0.2) is 0 Å². The maximum absolute atomic E-state index is 5.95. The van der Waals surface area contributed by atoms with Crippen LogP contribution in [0.5, 0.6) is 5.88 Å². The monoisotopic (exact) mass is 278 g/mol. The number of nitrogens with zero attached hydrogens (tertiary/aromatic N) is 3. The first-order chi connectivity index (χ1) is 9.63. The van der Waals surface area contributed by atoms with Crippen molar-refractivity contribution in [2.24, 2.45) is 11.7 Å². The predicted octanol–water partition coefficient (Wildman–Crippen LogP) is 2.22. The summed E-state index contributed by atoms with van der Waals surface area (Å²) >= 11 is 0. The summed E-state index contributed by atoms with van der Waals surface area (Å²) in [6, 6.07) is 0.359. The zero-order chi connectivity index (χ0) is 14.5. The van der Waals surface area contributed by atoms with Crippen LogP contribution in [0.4, 0.5) is 5.82 Å². The normalized spacial score (nSPS) is 23.1. The molecule has 5 nitrogen and oxygen atoms in total. The lowest BCUT2D eigenvalue weighted by Crippen LogP contribution is -2.47. The molecule has 2 unspecified atom stereocenters. The van der Waals surface area contributed by atoms with Gasteiger partial charge in [-0.05, 0) is 32.6 Å². The number of hydrogen-bond donors (Lipinski definition) is 1. The lowest BCUT2D eigenvalue weighted by Gasteiger charge is -2.39. The fourth-order valence-electron chi connectivity index (χ4n) is 2.80. The van der Waals surface area contributed by atoms with E-state index >= 15 is 0 Å². The molecule has 2 N–H and O–H groups in total. The van der Waals surface area contributed by atoms with E-state index in [-0.39, 0.29) is 6.10 Å². The van der Waals surface area contributed by atoms with E-state index in [1.54, 1.807) is 6.20 Å². The van der Waals surface area contributed by atoms with Crippen LogP contribution in [0.15, 0.2) is 12.4 Å². The minimum Gasteiger partial charge on any atom is -0.474 e. The summed E-state index contributed by atoms with van der Waals surface area (Å²) < 4.78 is 5.63. The number of aromatic nitrogens is 2. The van der Waals surface area contributed by atoms with Gasteiger partial charge < -0.3 is 15.4 Å². The Hall–Kier alpha value is -1.36. The van der Waals surface area contributed by atoms with Crippen molar-refractivity contribution in [1.29, 1.82) is 0 Å². The maximum atomic E-state index is 5.95. The SMILES string of the molecule is CCC1CCN(c2cncc(OC(C)C)n2)C(CN)C1. The average molecular weight is 278 g/mol. The van der Waals surface area contributed by atoms with Crippen molar-refractivity contribution in [3.8, 4) is 5.88 Å². The van der Waals surface area contributed by atoms with E-state index in [0.717, 1.165) is 24.7 Å². The summed E-state index contributed by atoms with van der Waals surface area (Å²) in [5.74, 6) is 2.25. The van der Waals surface area contributed by atoms with Crippen molar-refractivity contribution < 1.29 is 4.74 Å². The van der Waals surface area contributed by atoms with Crippen molar-refractivity contribution in [2.45, 2.75) is 52.2 Å². The van der Waals surface area contributed by atoms with Crippen LogP contribution in [0.25, 0.3) is 0 Å². The number of ether oxygens (including phenoxy) is 1. The first kappa shape index (κ1) is 15.0. The average Bonchev–Trinajstić information content (AvgIpc) is 2.46. The van der Waals surface area contributed by atoms with Gasteiger partial charge in [-0.3, -0.25) is 4.98 Å². The molecule has 0 amide bonds. The van der Waals surface area contributed by atoms with Crippen molar-refractivity contribution >= 4 is 5.82 Å². The Balaban J connectivity index is 2.13. The second kappa shape index (κ2) is 6.88. The summed E-state index contributed by atoms with van der Waals surface area (Å²) in [7, 11) is 0. The van der Waals surface area contributed by atoms with Gasteiger partial charge in [0.1, 0.15) is 0 Å². The van der Waals surface area contributed by atoms with E-state index in [9.17, 15) is 0 Å². The molecule has 0 bridgehead atoms. The van der Waals surface area contributed by atoms with E-state index in [4.69, 9.17) is 10.5 Å². The molecule has 1 aliphatic rings. The third kappa shape index (κ3) is 3.60. The van der Waals surface area contributed by atoms with Gasteiger partial charge in [0.25, 0.3) is 0 Å². The molecular weight excluding hydrogens is 252 g/mol. The second-order valence-electron chi connectivity index (χ2n) is 5.76. The van der Waals surface area contributed by atoms with E-state index in [2.05, 4.69) is 21.8 Å². The molecule has 1 saturated heterocycles. The molecule has 1 aliphatic heterocycles. The largest absolute Gasteiger partial charge is 0.474 e. The summed E-state index contributed by atoms with van der Waals surface area (Å²) in [5.41, 5.74) is 5.95. The molecule has 112 valence electrons. The molecule has 5 heteroatoms. The number of rotatable bonds is 5. The minimum absolute atomic E-state index is 0.107. The zero-order valence-electron chi connectivity index (χ0n) is 12.7. The van der Waals surface area contributed by atoms with Gasteiger partial charge in [-0.1, -0.05) is 13.3 Å². The summed E-state index contributed by atoms with van der Waals surface area (Å²) in [5, 5.41) is 0. The van der Waals surface area contributed by atoms with Crippen LogP contribution < -0.4 is 15.4 Å². The summed E-state index contributed by atoms with van der Waals surface area (Å²) in [6.07, 6.45) is 7.15. The molecule has 0 radical (unpaired) electrons. The lowest BCUT2D eigenvalue weighted by molar-refractivity contribution is 0.231. The van der Waals surface area contributed by atoms with E-state index in [0.29, 0.717) is 18.5 Å². The molecule has 1 fully saturated rings. The highest BCUT2D eigenvalue weighted by Gasteiger charge is 2.27. The molecule has 1 aromatic rings. The van der Waals surface area contributed by atoms with Gasteiger partial charge in [0.2, 0.25) is 5.88 Å². The molecule has 0 saturated carbocycles. The third-order valence-corrected chi connectivity index (χ3v) is 3.92. The highest BCUT2D eigenvalue weighted by atomic mass is 16.5. The van der Waals surface area contributed by atoms with Crippen molar-refractivity contribution in [1.82, 2.24) is 9.97 Å². The fourth-order valence-corrected chi connectivity index (χ4v) is 2.80. The number of nitrogens with two attached hydrogens (primary N) is 1. The smallest absolute Gasteiger partial charge is 0.234 e.